The first kappa shape index (κ1) is 21.3. The summed E-state index contributed by atoms with van der Waals surface area (Å²) in [6.45, 7) is 3.33. The lowest BCUT2D eigenvalue weighted by molar-refractivity contribution is -0.136. The number of rotatable bonds is 5. The van der Waals surface area contributed by atoms with Gasteiger partial charge in [-0.2, -0.15) is 0 Å². The Labute approximate surface area is 183 Å². The van der Waals surface area contributed by atoms with Crippen LogP contribution in [0.15, 0.2) is 30.5 Å². The van der Waals surface area contributed by atoms with Gasteiger partial charge in [0.25, 0.3) is 5.91 Å². The number of nitrogens with one attached hydrogen (secondary N) is 1. The van der Waals surface area contributed by atoms with Gasteiger partial charge in [-0.15, -0.1) is 0 Å². The molecule has 1 saturated heterocycles. The van der Waals surface area contributed by atoms with Gasteiger partial charge in [0, 0.05) is 36.8 Å². The van der Waals surface area contributed by atoms with Gasteiger partial charge in [0.1, 0.15) is 11.6 Å². The van der Waals surface area contributed by atoms with Crippen molar-refractivity contribution >= 4 is 17.5 Å². The summed E-state index contributed by atoms with van der Waals surface area (Å²) in [7, 11) is 1.60. The zero-order chi connectivity index (χ0) is 21.8. The average molecular weight is 423 g/mol. The Hall–Kier alpha value is -2.96. The van der Waals surface area contributed by atoms with Crippen molar-refractivity contribution < 1.29 is 14.3 Å². The van der Waals surface area contributed by atoms with E-state index in [2.05, 4.69) is 15.3 Å². The fraction of sp³-hybridized carbons (Fsp3) is 0.500. The molecule has 1 atom stereocenters. The van der Waals surface area contributed by atoms with Crippen LogP contribution >= 0.6 is 0 Å². The quantitative estimate of drug-likeness (QED) is 0.789. The highest BCUT2D eigenvalue weighted by molar-refractivity contribution is 6.04. The Morgan fingerprint density at radius 1 is 1.10 bits per heavy atom. The molecule has 4 rings (SSSR count). The first-order valence-electron chi connectivity index (χ1n) is 11.1. The second kappa shape index (κ2) is 9.45. The Morgan fingerprint density at radius 2 is 1.84 bits per heavy atom. The molecule has 7 nitrogen and oxygen atoms in total. The van der Waals surface area contributed by atoms with Crippen molar-refractivity contribution in [2.75, 3.05) is 25.5 Å². The maximum Gasteiger partial charge on any atom is 0.259 e. The van der Waals surface area contributed by atoms with Gasteiger partial charge in [0.2, 0.25) is 5.91 Å². The summed E-state index contributed by atoms with van der Waals surface area (Å²) < 4.78 is 5.14. The molecule has 1 saturated carbocycles. The normalized spacial score (nSPS) is 19.3. The lowest BCUT2D eigenvalue weighted by atomic mass is 9.95. The minimum absolute atomic E-state index is 0.122. The summed E-state index contributed by atoms with van der Waals surface area (Å²) in [5.41, 5.74) is 1.78. The number of methoxy groups -OCH3 is 1. The highest BCUT2D eigenvalue weighted by Gasteiger charge is 2.32. The molecule has 1 aliphatic heterocycles. The number of benzene rings is 1. The van der Waals surface area contributed by atoms with Crippen LogP contribution in [0.4, 0.5) is 5.69 Å². The van der Waals surface area contributed by atoms with Crippen LogP contribution in [0.25, 0.3) is 0 Å². The molecule has 1 N–H and O–H groups in total. The van der Waals surface area contributed by atoms with Crippen LogP contribution in [0.3, 0.4) is 0 Å². The second-order valence-electron chi connectivity index (χ2n) is 8.51. The maximum atomic E-state index is 12.8. The first-order valence-corrected chi connectivity index (χ1v) is 11.1. The maximum absolute atomic E-state index is 12.8. The summed E-state index contributed by atoms with van der Waals surface area (Å²) in [5.74, 6) is 1.84. The Balaban J connectivity index is 1.42. The Bertz CT molecular complexity index is 938. The molecule has 1 unspecified atom stereocenters. The lowest BCUT2D eigenvalue weighted by Gasteiger charge is -2.33. The molecule has 2 aromatic rings. The van der Waals surface area contributed by atoms with E-state index >= 15 is 0 Å². The number of hydrogen-bond donors (Lipinski definition) is 1. The highest BCUT2D eigenvalue weighted by Crippen LogP contribution is 2.31. The number of piperidine rings is 1. The summed E-state index contributed by atoms with van der Waals surface area (Å²) in [6.07, 6.45) is 7.90. The van der Waals surface area contributed by atoms with Crippen LogP contribution in [0, 0.1) is 12.8 Å². The van der Waals surface area contributed by atoms with Crippen LogP contribution in [-0.2, 0) is 4.79 Å². The van der Waals surface area contributed by atoms with Crippen molar-refractivity contribution in [3.05, 3.63) is 47.5 Å². The van der Waals surface area contributed by atoms with Gasteiger partial charge in [-0.3, -0.25) is 9.59 Å². The van der Waals surface area contributed by atoms with Crippen LogP contribution in [0.1, 0.15) is 66.3 Å². The largest absolute Gasteiger partial charge is 0.497 e. The molecule has 2 aliphatic rings. The van der Waals surface area contributed by atoms with Gasteiger partial charge >= 0.3 is 0 Å². The summed E-state index contributed by atoms with van der Waals surface area (Å²) in [5, 5.41) is 2.88. The van der Waals surface area contributed by atoms with Crippen molar-refractivity contribution in [2.45, 2.75) is 51.4 Å². The third-order valence-electron chi connectivity index (χ3n) is 6.39. The second-order valence-corrected chi connectivity index (χ2v) is 8.51. The number of carbonyl (C=O) groups is 2. The van der Waals surface area contributed by atoms with Crippen molar-refractivity contribution in [3.8, 4) is 5.75 Å². The summed E-state index contributed by atoms with van der Waals surface area (Å²) in [4.78, 5) is 36.7. The number of carbonyl (C=O) groups excluding carboxylic acids is 2. The number of aryl methyl sites for hydroxylation is 1. The van der Waals surface area contributed by atoms with E-state index in [1.165, 1.54) is 0 Å². The smallest absolute Gasteiger partial charge is 0.259 e. The van der Waals surface area contributed by atoms with Gasteiger partial charge in [-0.05, 0) is 56.9 Å². The van der Waals surface area contributed by atoms with Gasteiger partial charge < -0.3 is 15.0 Å². The van der Waals surface area contributed by atoms with Crippen LogP contribution < -0.4 is 10.1 Å². The zero-order valence-corrected chi connectivity index (χ0v) is 18.3. The minimum atomic E-state index is -0.240. The molecule has 0 spiro atoms. The van der Waals surface area contributed by atoms with Gasteiger partial charge in [-0.1, -0.05) is 12.8 Å². The van der Waals surface area contributed by atoms with E-state index in [0.717, 1.165) is 56.6 Å². The molecule has 2 fully saturated rings. The first-order chi connectivity index (χ1) is 15.0. The number of likely N-dealkylation sites (tertiary alicyclic amines) is 1. The molecule has 164 valence electrons. The summed E-state index contributed by atoms with van der Waals surface area (Å²) in [6, 6.07) is 7.17. The van der Waals surface area contributed by atoms with Crippen molar-refractivity contribution in [3.63, 3.8) is 0 Å². The molecule has 7 heteroatoms. The molecule has 2 heterocycles. The summed E-state index contributed by atoms with van der Waals surface area (Å²) >= 11 is 0. The van der Waals surface area contributed by atoms with Crippen molar-refractivity contribution in [1.29, 1.82) is 0 Å². The number of nitrogens with zero attached hydrogens (tertiary/aromatic N) is 3. The Kier molecular flexibility index (Phi) is 6.49. The highest BCUT2D eigenvalue weighted by atomic mass is 16.5. The van der Waals surface area contributed by atoms with Crippen molar-refractivity contribution in [1.82, 2.24) is 14.9 Å². The molecule has 1 aromatic heterocycles. The van der Waals surface area contributed by atoms with E-state index in [-0.39, 0.29) is 17.7 Å². The van der Waals surface area contributed by atoms with Crippen molar-refractivity contribution in [2.24, 2.45) is 5.92 Å². The van der Waals surface area contributed by atoms with Crippen LogP contribution in [0.2, 0.25) is 0 Å². The number of aromatic nitrogens is 2. The molecule has 0 radical (unpaired) electrons. The van der Waals surface area contributed by atoms with Gasteiger partial charge in [0.05, 0.1) is 18.4 Å². The van der Waals surface area contributed by atoms with Gasteiger partial charge in [-0.25, -0.2) is 9.97 Å². The standard InChI is InChI=1S/C24H30N4O3/c1-16-21(23(29)27-19-9-11-20(31-2)12-10-19)14-25-22(26-16)18-8-5-13-28(15-18)24(30)17-6-3-4-7-17/h9-12,14,17-18H,3-8,13,15H2,1-2H3,(H,27,29). The number of amides is 2. The SMILES string of the molecule is COc1ccc(NC(=O)c2cnc(C3CCCN(C(=O)C4CCCC4)C3)nc2C)cc1. The fourth-order valence-corrected chi connectivity index (χ4v) is 4.60. The Morgan fingerprint density at radius 3 is 2.52 bits per heavy atom. The predicted octanol–water partition coefficient (Wildman–Crippen LogP) is 3.94. The molecular formula is C24H30N4O3. The zero-order valence-electron chi connectivity index (χ0n) is 18.3. The lowest BCUT2D eigenvalue weighted by Crippen LogP contribution is -2.42. The molecular weight excluding hydrogens is 392 g/mol. The van der Waals surface area contributed by atoms with Crippen LogP contribution in [0.5, 0.6) is 5.75 Å². The van der Waals surface area contributed by atoms with Crippen LogP contribution in [-0.4, -0.2) is 46.9 Å². The van der Waals surface area contributed by atoms with E-state index in [1.54, 1.807) is 37.6 Å². The topological polar surface area (TPSA) is 84.4 Å². The molecule has 1 aliphatic carbocycles. The molecule has 2 amide bonds. The molecule has 1 aromatic carbocycles. The third kappa shape index (κ3) is 4.86. The number of anilines is 1. The van der Waals surface area contributed by atoms with E-state index in [9.17, 15) is 9.59 Å². The predicted molar refractivity (Wildman–Crippen MR) is 118 cm³/mol. The van der Waals surface area contributed by atoms with E-state index in [0.29, 0.717) is 29.4 Å². The fourth-order valence-electron chi connectivity index (χ4n) is 4.60. The molecule has 31 heavy (non-hydrogen) atoms. The van der Waals surface area contributed by atoms with E-state index in [4.69, 9.17) is 4.74 Å². The molecule has 0 bridgehead atoms. The van der Waals surface area contributed by atoms with E-state index in [1.807, 2.05) is 11.8 Å². The number of ether oxygens (including phenoxy) is 1. The van der Waals surface area contributed by atoms with E-state index < -0.39 is 0 Å². The third-order valence-corrected chi connectivity index (χ3v) is 6.39. The average Bonchev–Trinajstić information content (AvgIpc) is 3.34. The number of hydrogen-bond acceptors (Lipinski definition) is 5. The minimum Gasteiger partial charge on any atom is -0.497 e. The monoisotopic (exact) mass is 422 g/mol. The van der Waals surface area contributed by atoms with Gasteiger partial charge in [0.15, 0.2) is 0 Å².